The average molecular weight is 302 g/mol. The number of rotatable bonds is 7. The van der Waals surface area contributed by atoms with Crippen molar-refractivity contribution in [3.05, 3.63) is 36.0 Å². The third kappa shape index (κ3) is 3.87. The van der Waals surface area contributed by atoms with E-state index in [0.29, 0.717) is 13.1 Å². The van der Waals surface area contributed by atoms with Crippen LogP contribution >= 0.6 is 0 Å². The van der Waals surface area contributed by atoms with Crippen molar-refractivity contribution in [1.82, 2.24) is 9.88 Å². The molecule has 1 heterocycles. The predicted molar refractivity (Wildman–Crippen MR) is 85.5 cm³/mol. The number of methoxy groups -OCH3 is 1. The average Bonchev–Trinajstić information content (AvgIpc) is 2.96. The number of carbonyl (C=O) groups excluding carboxylic acids is 2. The molecule has 0 aliphatic heterocycles. The molecular formula is C17H22N2O3. The van der Waals surface area contributed by atoms with Gasteiger partial charge in [0.25, 0.3) is 0 Å². The monoisotopic (exact) mass is 302 g/mol. The van der Waals surface area contributed by atoms with Gasteiger partial charge in [0.05, 0.1) is 13.5 Å². The smallest absolute Gasteiger partial charge is 0.306 e. The molecular weight excluding hydrogens is 280 g/mol. The molecule has 2 rings (SSSR count). The zero-order valence-electron chi connectivity index (χ0n) is 13.1. The Morgan fingerprint density at radius 3 is 2.73 bits per heavy atom. The van der Waals surface area contributed by atoms with Crippen LogP contribution in [-0.4, -0.2) is 42.0 Å². The van der Waals surface area contributed by atoms with Crippen molar-refractivity contribution < 1.29 is 14.3 Å². The number of hydrogen-bond donors (Lipinski definition) is 1. The molecule has 0 atom stereocenters. The molecule has 0 radical (unpaired) electrons. The molecule has 5 heteroatoms. The Hall–Kier alpha value is -2.30. The van der Waals surface area contributed by atoms with Gasteiger partial charge in [0, 0.05) is 36.6 Å². The summed E-state index contributed by atoms with van der Waals surface area (Å²) >= 11 is 0. The Kier molecular flexibility index (Phi) is 5.58. The number of carbonyl (C=O) groups is 2. The van der Waals surface area contributed by atoms with E-state index in [1.807, 2.05) is 31.3 Å². The summed E-state index contributed by atoms with van der Waals surface area (Å²) in [4.78, 5) is 28.3. The van der Waals surface area contributed by atoms with Gasteiger partial charge in [-0.2, -0.15) is 0 Å². The van der Waals surface area contributed by atoms with E-state index in [9.17, 15) is 9.59 Å². The molecule has 2 aromatic rings. The zero-order chi connectivity index (χ0) is 15.9. The topological polar surface area (TPSA) is 62.4 Å². The maximum Gasteiger partial charge on any atom is 0.306 e. The van der Waals surface area contributed by atoms with E-state index in [0.717, 1.165) is 11.9 Å². The zero-order valence-corrected chi connectivity index (χ0v) is 13.1. The molecule has 0 saturated heterocycles. The Bertz CT molecular complexity index is 648. The minimum atomic E-state index is -0.346. The lowest BCUT2D eigenvalue weighted by atomic mass is 10.1. The van der Waals surface area contributed by atoms with Crippen LogP contribution in [0, 0.1) is 0 Å². The number of H-pyrrole nitrogens is 1. The van der Waals surface area contributed by atoms with E-state index in [1.54, 1.807) is 4.90 Å². The van der Waals surface area contributed by atoms with Gasteiger partial charge in [-0.05, 0) is 25.0 Å². The van der Waals surface area contributed by atoms with Crippen molar-refractivity contribution in [2.24, 2.45) is 0 Å². The summed E-state index contributed by atoms with van der Waals surface area (Å²) in [6.07, 6.45) is 3.13. The molecule has 0 aliphatic rings. The first-order chi connectivity index (χ1) is 10.7. The number of esters is 1. The van der Waals surface area contributed by atoms with E-state index in [2.05, 4.69) is 15.8 Å². The molecule has 118 valence electrons. The van der Waals surface area contributed by atoms with Gasteiger partial charge in [0.15, 0.2) is 0 Å². The summed E-state index contributed by atoms with van der Waals surface area (Å²) in [5, 5.41) is 1.19. The summed E-state index contributed by atoms with van der Waals surface area (Å²) in [5.74, 6) is -0.353. The highest BCUT2D eigenvalue weighted by Crippen LogP contribution is 2.18. The van der Waals surface area contributed by atoms with Crippen molar-refractivity contribution in [2.45, 2.75) is 26.2 Å². The van der Waals surface area contributed by atoms with Gasteiger partial charge < -0.3 is 14.6 Å². The number of ether oxygens (including phenoxy) is 1. The standard InChI is InChI=1S/C17H22N2O3/c1-3-19(16(20)8-9-17(21)22-2)11-10-13-12-18-15-7-5-4-6-14(13)15/h4-7,12,18H,3,8-11H2,1-2H3. The van der Waals surface area contributed by atoms with Crippen LogP contribution in [0.5, 0.6) is 0 Å². The number of benzene rings is 1. The summed E-state index contributed by atoms with van der Waals surface area (Å²) in [6, 6.07) is 8.13. The maximum atomic E-state index is 12.1. The Balaban J connectivity index is 1.93. The van der Waals surface area contributed by atoms with E-state index in [4.69, 9.17) is 0 Å². The SMILES string of the molecule is CCN(CCc1c[nH]c2ccccc12)C(=O)CCC(=O)OC. The highest BCUT2D eigenvalue weighted by atomic mass is 16.5. The van der Waals surface area contributed by atoms with Crippen molar-refractivity contribution in [3.63, 3.8) is 0 Å². The molecule has 0 spiro atoms. The van der Waals surface area contributed by atoms with E-state index >= 15 is 0 Å². The quantitative estimate of drug-likeness (QED) is 0.799. The predicted octanol–water partition coefficient (Wildman–Crippen LogP) is 2.51. The summed E-state index contributed by atoms with van der Waals surface area (Å²) in [7, 11) is 1.33. The lowest BCUT2D eigenvalue weighted by Gasteiger charge is -2.20. The van der Waals surface area contributed by atoms with E-state index in [-0.39, 0.29) is 24.7 Å². The van der Waals surface area contributed by atoms with Crippen LogP contribution in [0.25, 0.3) is 10.9 Å². The lowest BCUT2D eigenvalue weighted by Crippen LogP contribution is -2.33. The van der Waals surface area contributed by atoms with Crippen molar-refractivity contribution in [2.75, 3.05) is 20.2 Å². The van der Waals surface area contributed by atoms with Crippen LogP contribution in [0.3, 0.4) is 0 Å². The van der Waals surface area contributed by atoms with Gasteiger partial charge in [-0.15, -0.1) is 0 Å². The van der Waals surface area contributed by atoms with E-state index in [1.165, 1.54) is 18.1 Å². The molecule has 5 nitrogen and oxygen atoms in total. The van der Waals surface area contributed by atoms with Gasteiger partial charge in [0.2, 0.25) is 5.91 Å². The Morgan fingerprint density at radius 2 is 2.00 bits per heavy atom. The highest BCUT2D eigenvalue weighted by molar-refractivity contribution is 5.83. The van der Waals surface area contributed by atoms with Gasteiger partial charge >= 0.3 is 5.97 Å². The summed E-state index contributed by atoms with van der Waals surface area (Å²) < 4.78 is 4.57. The second kappa shape index (κ2) is 7.64. The summed E-state index contributed by atoms with van der Waals surface area (Å²) in [5.41, 5.74) is 2.31. The van der Waals surface area contributed by atoms with Crippen molar-refractivity contribution in [1.29, 1.82) is 0 Å². The second-order valence-electron chi connectivity index (χ2n) is 5.16. The Labute approximate surface area is 130 Å². The largest absolute Gasteiger partial charge is 0.469 e. The number of likely N-dealkylation sites (N-methyl/N-ethyl adjacent to an activating group) is 1. The minimum absolute atomic E-state index is 0.00672. The van der Waals surface area contributed by atoms with Crippen molar-refractivity contribution >= 4 is 22.8 Å². The second-order valence-corrected chi connectivity index (χ2v) is 5.16. The number of aromatic amines is 1. The minimum Gasteiger partial charge on any atom is -0.469 e. The lowest BCUT2D eigenvalue weighted by molar-refractivity contribution is -0.143. The molecule has 0 saturated carbocycles. The molecule has 1 aromatic carbocycles. The molecule has 0 unspecified atom stereocenters. The van der Waals surface area contributed by atoms with Crippen LogP contribution in [0.2, 0.25) is 0 Å². The molecule has 1 aromatic heterocycles. The fraction of sp³-hybridized carbons (Fsp3) is 0.412. The molecule has 1 N–H and O–H groups in total. The van der Waals surface area contributed by atoms with Crippen LogP contribution < -0.4 is 0 Å². The number of fused-ring (bicyclic) bond motifs is 1. The number of amides is 1. The van der Waals surface area contributed by atoms with E-state index < -0.39 is 0 Å². The molecule has 0 fully saturated rings. The van der Waals surface area contributed by atoms with Gasteiger partial charge in [0.1, 0.15) is 0 Å². The van der Waals surface area contributed by atoms with Gasteiger partial charge in [-0.1, -0.05) is 18.2 Å². The van der Waals surface area contributed by atoms with Crippen LogP contribution in [0.1, 0.15) is 25.3 Å². The summed E-state index contributed by atoms with van der Waals surface area (Å²) in [6.45, 7) is 3.24. The highest BCUT2D eigenvalue weighted by Gasteiger charge is 2.14. The number of para-hydroxylation sites is 1. The van der Waals surface area contributed by atoms with Crippen LogP contribution in [-0.2, 0) is 20.7 Å². The van der Waals surface area contributed by atoms with Crippen molar-refractivity contribution in [3.8, 4) is 0 Å². The van der Waals surface area contributed by atoms with Crippen LogP contribution in [0.4, 0.5) is 0 Å². The first kappa shape index (κ1) is 16.1. The van der Waals surface area contributed by atoms with Gasteiger partial charge in [-0.3, -0.25) is 9.59 Å². The maximum absolute atomic E-state index is 12.1. The number of nitrogens with one attached hydrogen (secondary N) is 1. The third-order valence-electron chi connectivity index (χ3n) is 3.83. The first-order valence-electron chi connectivity index (χ1n) is 7.55. The molecule has 22 heavy (non-hydrogen) atoms. The third-order valence-corrected chi connectivity index (χ3v) is 3.83. The number of hydrogen-bond acceptors (Lipinski definition) is 3. The fourth-order valence-electron chi connectivity index (χ4n) is 2.52. The Morgan fingerprint density at radius 1 is 1.23 bits per heavy atom. The normalized spacial score (nSPS) is 10.6. The molecule has 0 bridgehead atoms. The first-order valence-corrected chi connectivity index (χ1v) is 7.55. The fourth-order valence-corrected chi connectivity index (χ4v) is 2.52. The molecule has 1 amide bonds. The molecule has 0 aliphatic carbocycles. The van der Waals surface area contributed by atoms with Gasteiger partial charge in [-0.25, -0.2) is 0 Å². The van der Waals surface area contributed by atoms with Crippen LogP contribution in [0.15, 0.2) is 30.5 Å². The number of aromatic nitrogens is 1. The number of nitrogens with zero attached hydrogens (tertiary/aromatic N) is 1.